The monoisotopic (exact) mass is 513 g/mol. The molecule has 3 aromatic heterocycles. The Kier molecular flexibility index (Phi) is 6.32. The molecule has 1 atom stereocenters. The summed E-state index contributed by atoms with van der Waals surface area (Å²) >= 11 is 4.65. The van der Waals surface area contributed by atoms with Gasteiger partial charge in [-0.3, -0.25) is 14.0 Å². The Morgan fingerprint density at radius 2 is 2.06 bits per heavy atom. The van der Waals surface area contributed by atoms with Crippen LogP contribution in [0.4, 0.5) is 0 Å². The minimum Gasteiger partial charge on any atom is -0.496 e. The lowest BCUT2D eigenvalue weighted by atomic mass is 10.1. The fourth-order valence-corrected chi connectivity index (χ4v) is 6.96. The highest BCUT2D eigenvalue weighted by Crippen LogP contribution is 2.37. The number of hydrogen-bond donors (Lipinski definition) is 1. The molecule has 0 radical (unpaired) electrons. The molecule has 0 aliphatic carbocycles. The summed E-state index contributed by atoms with van der Waals surface area (Å²) in [5.41, 5.74) is 2.51. The molecule has 2 amide bonds. The van der Waals surface area contributed by atoms with E-state index in [4.69, 9.17) is 4.74 Å². The number of thiazole rings is 2. The van der Waals surface area contributed by atoms with Crippen molar-refractivity contribution >= 4 is 51.2 Å². The zero-order valence-electron chi connectivity index (χ0n) is 18.9. The SMILES string of the molecule is COc1ccccc1-c1sc(C)nc1C(=O)N1CSC[C@H]1CNC(=O)c1c(C)nc2sccn12. The molecule has 1 aliphatic heterocycles. The van der Waals surface area contributed by atoms with E-state index < -0.39 is 0 Å². The lowest BCUT2D eigenvalue weighted by Gasteiger charge is -2.24. The lowest BCUT2D eigenvalue weighted by molar-refractivity contribution is 0.0731. The quantitative estimate of drug-likeness (QED) is 0.418. The summed E-state index contributed by atoms with van der Waals surface area (Å²) < 4.78 is 7.33. The molecule has 1 aliphatic rings. The molecule has 0 bridgehead atoms. The van der Waals surface area contributed by atoms with Gasteiger partial charge in [0, 0.05) is 29.4 Å². The fraction of sp³-hybridized carbons (Fsp3) is 0.304. The van der Waals surface area contributed by atoms with Crippen LogP contribution in [0, 0.1) is 13.8 Å². The Hall–Kier alpha value is -2.89. The third kappa shape index (κ3) is 4.08. The van der Waals surface area contributed by atoms with E-state index in [-0.39, 0.29) is 17.9 Å². The van der Waals surface area contributed by atoms with Gasteiger partial charge in [0.05, 0.1) is 34.6 Å². The van der Waals surface area contributed by atoms with Crippen molar-refractivity contribution in [2.24, 2.45) is 0 Å². The number of imidazole rings is 1. The standard InChI is InChI=1S/C23H23N5O3S3/c1-13-19(27-8-9-33-23(27)25-13)21(29)24-10-15-11-32-12-28(15)22(30)18-20(34-14(2)26-18)16-6-4-5-7-17(16)31-3/h4-9,15H,10-12H2,1-3H3,(H,24,29)/t15-/m1/s1. The molecule has 1 N–H and O–H groups in total. The van der Waals surface area contributed by atoms with Crippen molar-refractivity contribution in [3.63, 3.8) is 0 Å². The fourth-order valence-electron chi connectivity index (χ4n) is 4.06. The molecule has 8 nitrogen and oxygen atoms in total. The number of hydrogen-bond acceptors (Lipinski definition) is 8. The van der Waals surface area contributed by atoms with Gasteiger partial charge in [-0.2, -0.15) is 0 Å². The van der Waals surface area contributed by atoms with E-state index in [1.165, 1.54) is 22.7 Å². The highest BCUT2D eigenvalue weighted by molar-refractivity contribution is 7.99. The maximum absolute atomic E-state index is 13.6. The smallest absolute Gasteiger partial charge is 0.275 e. The van der Waals surface area contributed by atoms with E-state index in [0.29, 0.717) is 35.3 Å². The number of amides is 2. The first-order chi connectivity index (χ1) is 16.5. The van der Waals surface area contributed by atoms with Crippen molar-refractivity contribution in [3.05, 3.63) is 57.9 Å². The molecule has 0 spiro atoms. The third-order valence-corrected chi connectivity index (χ3v) is 8.52. The number of aryl methyl sites for hydroxylation is 2. The summed E-state index contributed by atoms with van der Waals surface area (Å²) in [6.07, 6.45) is 1.85. The number of ether oxygens (including phenoxy) is 1. The number of thioether (sulfide) groups is 1. The second-order valence-electron chi connectivity index (χ2n) is 7.85. The summed E-state index contributed by atoms with van der Waals surface area (Å²) in [6.45, 7) is 4.09. The molecule has 1 fully saturated rings. The molecule has 5 rings (SSSR count). The summed E-state index contributed by atoms with van der Waals surface area (Å²) in [5.74, 6) is 1.69. The van der Waals surface area contributed by atoms with Gasteiger partial charge in [0.2, 0.25) is 0 Å². The largest absolute Gasteiger partial charge is 0.496 e. The number of carbonyl (C=O) groups excluding carboxylic acids is 2. The van der Waals surface area contributed by atoms with Gasteiger partial charge in [0.1, 0.15) is 17.1 Å². The van der Waals surface area contributed by atoms with Crippen LogP contribution in [0.3, 0.4) is 0 Å². The van der Waals surface area contributed by atoms with Crippen LogP contribution in [0.2, 0.25) is 0 Å². The van der Waals surface area contributed by atoms with Crippen molar-refractivity contribution in [1.29, 1.82) is 0 Å². The number of benzene rings is 1. The molecule has 4 aromatic rings. The molecular weight excluding hydrogens is 490 g/mol. The average Bonchev–Trinajstić information content (AvgIpc) is 3.61. The minimum atomic E-state index is -0.188. The van der Waals surface area contributed by atoms with Gasteiger partial charge in [0.25, 0.3) is 11.8 Å². The topological polar surface area (TPSA) is 88.8 Å². The maximum Gasteiger partial charge on any atom is 0.275 e. The van der Waals surface area contributed by atoms with Crippen LogP contribution in [-0.2, 0) is 0 Å². The molecular formula is C23H23N5O3S3. The zero-order chi connectivity index (χ0) is 23.8. The molecule has 0 saturated carbocycles. The van der Waals surface area contributed by atoms with Crippen LogP contribution >= 0.6 is 34.4 Å². The van der Waals surface area contributed by atoms with E-state index in [1.54, 1.807) is 23.3 Å². The van der Waals surface area contributed by atoms with Gasteiger partial charge in [0.15, 0.2) is 4.96 Å². The summed E-state index contributed by atoms with van der Waals surface area (Å²) in [6, 6.07) is 7.53. The number of nitrogens with one attached hydrogen (secondary N) is 1. The second kappa shape index (κ2) is 9.40. The van der Waals surface area contributed by atoms with E-state index in [1.807, 2.05) is 54.6 Å². The van der Waals surface area contributed by atoms with E-state index in [0.717, 1.165) is 26.2 Å². The van der Waals surface area contributed by atoms with Crippen LogP contribution in [0.5, 0.6) is 5.75 Å². The first-order valence-electron chi connectivity index (χ1n) is 10.7. The summed E-state index contributed by atoms with van der Waals surface area (Å²) in [7, 11) is 1.62. The maximum atomic E-state index is 13.6. The second-order valence-corrected chi connectivity index (χ2v) is 10.9. The lowest BCUT2D eigenvalue weighted by Crippen LogP contribution is -2.44. The van der Waals surface area contributed by atoms with Crippen molar-refractivity contribution in [3.8, 4) is 16.2 Å². The van der Waals surface area contributed by atoms with E-state index >= 15 is 0 Å². The number of para-hydroxylation sites is 1. The summed E-state index contributed by atoms with van der Waals surface area (Å²) in [4.78, 5) is 39.0. The van der Waals surface area contributed by atoms with Gasteiger partial charge < -0.3 is 15.0 Å². The van der Waals surface area contributed by atoms with E-state index in [9.17, 15) is 9.59 Å². The van der Waals surface area contributed by atoms with Crippen molar-refractivity contribution in [2.75, 3.05) is 25.3 Å². The predicted octanol–water partition coefficient (Wildman–Crippen LogP) is 4.09. The van der Waals surface area contributed by atoms with Gasteiger partial charge in [-0.15, -0.1) is 34.4 Å². The normalized spacial score (nSPS) is 15.7. The van der Waals surface area contributed by atoms with Gasteiger partial charge in [-0.1, -0.05) is 12.1 Å². The number of carbonyl (C=O) groups is 2. The molecule has 0 unspecified atom stereocenters. The minimum absolute atomic E-state index is 0.125. The van der Waals surface area contributed by atoms with Gasteiger partial charge in [-0.05, 0) is 26.0 Å². The van der Waals surface area contributed by atoms with Crippen molar-refractivity contribution in [1.82, 2.24) is 24.6 Å². The Balaban J connectivity index is 1.36. The molecule has 176 valence electrons. The van der Waals surface area contributed by atoms with Crippen LogP contribution < -0.4 is 10.1 Å². The zero-order valence-corrected chi connectivity index (χ0v) is 21.4. The molecule has 1 aromatic carbocycles. The molecule has 11 heteroatoms. The van der Waals surface area contributed by atoms with Crippen LogP contribution in [0.1, 0.15) is 31.7 Å². The number of methoxy groups -OCH3 is 1. The number of aromatic nitrogens is 3. The Morgan fingerprint density at radius 3 is 2.88 bits per heavy atom. The van der Waals surface area contributed by atoms with Crippen LogP contribution in [0.25, 0.3) is 15.4 Å². The first-order valence-corrected chi connectivity index (χ1v) is 13.5. The molecule has 4 heterocycles. The third-order valence-electron chi connectivity index (χ3n) is 5.68. The molecule has 34 heavy (non-hydrogen) atoms. The predicted molar refractivity (Wildman–Crippen MR) is 136 cm³/mol. The Labute approximate surface area is 209 Å². The summed E-state index contributed by atoms with van der Waals surface area (Å²) in [5, 5.41) is 5.74. The van der Waals surface area contributed by atoms with Crippen LogP contribution in [0.15, 0.2) is 35.8 Å². The van der Waals surface area contributed by atoms with E-state index in [2.05, 4.69) is 15.3 Å². The van der Waals surface area contributed by atoms with Crippen LogP contribution in [-0.4, -0.2) is 62.4 Å². The van der Waals surface area contributed by atoms with Gasteiger partial charge in [-0.25, -0.2) is 9.97 Å². The van der Waals surface area contributed by atoms with Gasteiger partial charge >= 0.3 is 0 Å². The number of fused-ring (bicyclic) bond motifs is 1. The Bertz CT molecular complexity index is 1380. The molecule has 1 saturated heterocycles. The average molecular weight is 514 g/mol. The highest BCUT2D eigenvalue weighted by Gasteiger charge is 2.34. The first kappa shape index (κ1) is 22.9. The number of rotatable bonds is 6. The van der Waals surface area contributed by atoms with Crippen molar-refractivity contribution < 1.29 is 14.3 Å². The van der Waals surface area contributed by atoms with Crippen molar-refractivity contribution in [2.45, 2.75) is 19.9 Å². The number of nitrogens with zero attached hydrogens (tertiary/aromatic N) is 4. The highest BCUT2D eigenvalue weighted by atomic mass is 32.2. The Morgan fingerprint density at radius 1 is 1.24 bits per heavy atom.